The summed E-state index contributed by atoms with van der Waals surface area (Å²) in [6, 6.07) is 3.10. The van der Waals surface area contributed by atoms with Crippen LogP contribution in [0.4, 0.5) is 8.78 Å². The van der Waals surface area contributed by atoms with E-state index >= 15 is 0 Å². The Labute approximate surface area is 120 Å². The van der Waals surface area contributed by atoms with E-state index in [1.54, 1.807) is 7.05 Å². The van der Waals surface area contributed by atoms with Crippen molar-refractivity contribution in [2.45, 2.75) is 0 Å². The zero-order valence-corrected chi connectivity index (χ0v) is 11.7. The van der Waals surface area contributed by atoms with E-state index in [2.05, 4.69) is 5.10 Å². The molecule has 5 nitrogen and oxygen atoms in total. The van der Waals surface area contributed by atoms with Crippen molar-refractivity contribution in [3.63, 3.8) is 0 Å². The molecule has 0 unspecified atom stereocenters. The molecule has 1 aromatic heterocycles. The summed E-state index contributed by atoms with van der Waals surface area (Å²) in [5.74, 6) is -1.87. The summed E-state index contributed by atoms with van der Waals surface area (Å²) in [5, 5.41) is 13.0. The summed E-state index contributed by atoms with van der Waals surface area (Å²) in [7, 11) is 3.13. The first-order valence-electron chi connectivity index (χ1n) is 6.29. The molecule has 1 heterocycles. The van der Waals surface area contributed by atoms with E-state index < -0.39 is 17.5 Å². The number of aryl methyl sites for hydroxylation is 1. The molecule has 0 radical (unpaired) electrons. The number of benzene rings is 1. The highest BCUT2D eigenvalue weighted by molar-refractivity contribution is 5.99. The molecular weight excluding hydrogens is 280 g/mol. The van der Waals surface area contributed by atoms with Gasteiger partial charge in [-0.15, -0.1) is 0 Å². The molecule has 0 bridgehead atoms. The van der Waals surface area contributed by atoms with Crippen molar-refractivity contribution < 1.29 is 18.7 Å². The fraction of sp³-hybridized carbons (Fsp3) is 0.286. The Morgan fingerprint density at radius 3 is 2.76 bits per heavy atom. The van der Waals surface area contributed by atoms with Crippen molar-refractivity contribution in [1.29, 1.82) is 0 Å². The van der Waals surface area contributed by atoms with E-state index in [0.29, 0.717) is 0 Å². The summed E-state index contributed by atoms with van der Waals surface area (Å²) < 4.78 is 28.3. The second-order valence-corrected chi connectivity index (χ2v) is 4.64. The molecule has 21 heavy (non-hydrogen) atoms. The quantitative estimate of drug-likeness (QED) is 0.928. The highest BCUT2D eigenvalue weighted by atomic mass is 19.1. The van der Waals surface area contributed by atoms with Crippen molar-refractivity contribution in [1.82, 2.24) is 14.7 Å². The van der Waals surface area contributed by atoms with Crippen LogP contribution < -0.4 is 0 Å². The van der Waals surface area contributed by atoms with E-state index in [1.807, 2.05) is 0 Å². The van der Waals surface area contributed by atoms with Crippen LogP contribution in [0.5, 0.6) is 0 Å². The van der Waals surface area contributed by atoms with Crippen molar-refractivity contribution in [3.8, 4) is 11.3 Å². The number of nitrogens with zero attached hydrogens (tertiary/aromatic N) is 3. The Kier molecular flexibility index (Phi) is 4.32. The number of aromatic nitrogens is 2. The number of hydrogen-bond acceptors (Lipinski definition) is 3. The van der Waals surface area contributed by atoms with Crippen LogP contribution in [0.25, 0.3) is 11.3 Å². The molecule has 1 aromatic carbocycles. The van der Waals surface area contributed by atoms with Crippen LogP contribution in [0.1, 0.15) is 10.4 Å². The Balaban J connectivity index is 2.48. The van der Waals surface area contributed by atoms with Gasteiger partial charge in [0.05, 0.1) is 12.2 Å². The average molecular weight is 295 g/mol. The highest BCUT2D eigenvalue weighted by Crippen LogP contribution is 2.26. The van der Waals surface area contributed by atoms with Gasteiger partial charge in [-0.25, -0.2) is 8.78 Å². The number of halogens is 2. The molecule has 0 spiro atoms. The molecule has 0 aliphatic carbocycles. The van der Waals surface area contributed by atoms with Crippen molar-refractivity contribution in [3.05, 3.63) is 41.6 Å². The Hall–Kier alpha value is -2.28. The summed E-state index contributed by atoms with van der Waals surface area (Å²) in [6.07, 6.45) is 1.47. The minimum atomic E-state index is -0.785. The van der Waals surface area contributed by atoms with Crippen LogP contribution in [-0.2, 0) is 7.05 Å². The lowest BCUT2D eigenvalue weighted by Crippen LogP contribution is -2.29. The van der Waals surface area contributed by atoms with Gasteiger partial charge in [0.1, 0.15) is 17.3 Å². The third-order valence-corrected chi connectivity index (χ3v) is 3.03. The highest BCUT2D eigenvalue weighted by Gasteiger charge is 2.22. The molecule has 1 amide bonds. The molecule has 7 heteroatoms. The van der Waals surface area contributed by atoms with E-state index in [0.717, 1.165) is 12.1 Å². The number of likely N-dealkylation sites (N-methyl/N-ethyl adjacent to an activating group) is 1. The maximum absolute atomic E-state index is 13.9. The predicted octanol–water partition coefficient (Wildman–Crippen LogP) is 1.43. The first-order chi connectivity index (χ1) is 9.93. The molecule has 0 saturated carbocycles. The first-order valence-corrected chi connectivity index (χ1v) is 6.29. The Morgan fingerprint density at radius 2 is 2.14 bits per heavy atom. The summed E-state index contributed by atoms with van der Waals surface area (Å²) in [5.41, 5.74) is 0.390. The molecule has 0 saturated heterocycles. The summed E-state index contributed by atoms with van der Waals surface area (Å²) in [6.45, 7) is -0.0260. The van der Waals surface area contributed by atoms with Gasteiger partial charge in [-0.3, -0.25) is 9.48 Å². The smallest absolute Gasteiger partial charge is 0.257 e. The third-order valence-electron chi connectivity index (χ3n) is 3.03. The van der Waals surface area contributed by atoms with E-state index in [1.165, 1.54) is 28.9 Å². The minimum Gasteiger partial charge on any atom is -0.395 e. The fourth-order valence-corrected chi connectivity index (χ4v) is 1.98. The summed E-state index contributed by atoms with van der Waals surface area (Å²) in [4.78, 5) is 13.6. The SMILES string of the molecule is CN(CCO)C(=O)c1cn(C)nc1-c1ccc(F)cc1F. The van der Waals surface area contributed by atoms with Crippen LogP contribution in [0.15, 0.2) is 24.4 Å². The average Bonchev–Trinajstić information content (AvgIpc) is 2.80. The van der Waals surface area contributed by atoms with Gasteiger partial charge < -0.3 is 10.0 Å². The number of aliphatic hydroxyl groups excluding tert-OH is 1. The molecular formula is C14H15F2N3O2. The largest absolute Gasteiger partial charge is 0.395 e. The number of amides is 1. The molecule has 0 aliphatic rings. The van der Waals surface area contributed by atoms with Gasteiger partial charge in [-0.1, -0.05) is 0 Å². The molecule has 0 fully saturated rings. The maximum atomic E-state index is 13.9. The lowest BCUT2D eigenvalue weighted by molar-refractivity contribution is 0.0767. The monoisotopic (exact) mass is 295 g/mol. The number of aliphatic hydroxyl groups is 1. The third kappa shape index (κ3) is 3.08. The molecule has 2 aromatic rings. The second-order valence-electron chi connectivity index (χ2n) is 4.64. The van der Waals surface area contributed by atoms with Gasteiger partial charge in [-0.2, -0.15) is 5.10 Å². The maximum Gasteiger partial charge on any atom is 0.257 e. The molecule has 112 valence electrons. The van der Waals surface area contributed by atoms with Crippen molar-refractivity contribution in [2.75, 3.05) is 20.2 Å². The van der Waals surface area contributed by atoms with Gasteiger partial charge in [-0.05, 0) is 12.1 Å². The van der Waals surface area contributed by atoms with Gasteiger partial charge in [0.2, 0.25) is 0 Å². The fourth-order valence-electron chi connectivity index (χ4n) is 1.98. The molecule has 0 atom stereocenters. The predicted molar refractivity (Wildman–Crippen MR) is 72.6 cm³/mol. The second kappa shape index (κ2) is 6.01. The van der Waals surface area contributed by atoms with E-state index in [4.69, 9.17) is 5.11 Å². The minimum absolute atomic E-state index is 0.0535. The zero-order valence-electron chi connectivity index (χ0n) is 11.7. The van der Waals surface area contributed by atoms with Gasteiger partial charge in [0.15, 0.2) is 0 Å². The standard InChI is InChI=1S/C14H15F2N3O2/c1-18(5-6-20)14(21)11-8-19(2)17-13(11)10-4-3-9(15)7-12(10)16/h3-4,7-8,20H,5-6H2,1-2H3. The van der Waals surface area contributed by atoms with Crippen LogP contribution in [0.3, 0.4) is 0 Å². The first kappa shape index (κ1) is 15.1. The Morgan fingerprint density at radius 1 is 1.43 bits per heavy atom. The van der Waals surface area contributed by atoms with Crippen molar-refractivity contribution >= 4 is 5.91 Å². The van der Waals surface area contributed by atoms with E-state index in [9.17, 15) is 13.6 Å². The topological polar surface area (TPSA) is 58.4 Å². The van der Waals surface area contributed by atoms with Crippen LogP contribution in [0.2, 0.25) is 0 Å². The van der Waals surface area contributed by atoms with Crippen LogP contribution in [0, 0.1) is 11.6 Å². The Bertz CT molecular complexity index is 670. The van der Waals surface area contributed by atoms with Gasteiger partial charge in [0.25, 0.3) is 5.91 Å². The number of rotatable bonds is 4. The normalized spacial score (nSPS) is 10.7. The molecule has 2 rings (SSSR count). The van der Waals surface area contributed by atoms with Gasteiger partial charge >= 0.3 is 0 Å². The number of carbonyl (C=O) groups is 1. The molecule has 0 aliphatic heterocycles. The lowest BCUT2D eigenvalue weighted by atomic mass is 10.1. The van der Waals surface area contributed by atoms with Crippen LogP contribution in [-0.4, -0.2) is 45.9 Å². The lowest BCUT2D eigenvalue weighted by Gasteiger charge is -2.15. The summed E-state index contributed by atoms with van der Waals surface area (Å²) >= 11 is 0. The van der Waals surface area contributed by atoms with Crippen molar-refractivity contribution in [2.24, 2.45) is 7.05 Å². The van der Waals surface area contributed by atoms with E-state index in [-0.39, 0.29) is 30.0 Å². The van der Waals surface area contributed by atoms with Crippen LogP contribution >= 0.6 is 0 Å². The zero-order chi connectivity index (χ0) is 15.6. The number of carbonyl (C=O) groups excluding carboxylic acids is 1. The van der Waals surface area contributed by atoms with Gasteiger partial charge in [0, 0.05) is 38.5 Å². The number of hydrogen-bond donors (Lipinski definition) is 1. The molecule has 1 N–H and O–H groups in total.